The molecule has 2 aromatic carbocycles. The van der Waals surface area contributed by atoms with Crippen molar-refractivity contribution < 1.29 is 14.6 Å². The Morgan fingerprint density at radius 1 is 1.15 bits per heavy atom. The zero-order chi connectivity index (χ0) is 18.8. The number of likely N-dealkylation sites (N-methyl/N-ethyl adjacent to an activating group) is 1. The third kappa shape index (κ3) is 3.60. The summed E-state index contributed by atoms with van der Waals surface area (Å²) >= 11 is 1.33. The highest BCUT2D eigenvalue weighted by Crippen LogP contribution is 2.35. The number of phenolic OH excluding ortho intramolecular Hbond substituents is 1. The lowest BCUT2D eigenvalue weighted by atomic mass is 10.1. The highest BCUT2D eigenvalue weighted by Gasteiger charge is 2.30. The standard InChI is InChI=1S/C20H20N2O3S/c1-12-5-7-15(9-13(12)2)21-20-22(3)19(24)18(26-20)11-14-6-8-16(23)17(10-14)25-4/h5-11,23H,1-4H3/b18-11+,21-20?. The van der Waals surface area contributed by atoms with Crippen LogP contribution in [0.4, 0.5) is 5.69 Å². The van der Waals surface area contributed by atoms with Gasteiger partial charge in [0.2, 0.25) is 0 Å². The Morgan fingerprint density at radius 3 is 2.62 bits per heavy atom. The number of carbonyl (C=O) groups excluding carboxylic acids is 1. The number of hydrogen-bond donors (Lipinski definition) is 1. The van der Waals surface area contributed by atoms with E-state index in [1.807, 2.05) is 25.1 Å². The highest BCUT2D eigenvalue weighted by atomic mass is 32.2. The number of nitrogens with zero attached hydrogens (tertiary/aromatic N) is 2. The summed E-state index contributed by atoms with van der Waals surface area (Å²) in [5, 5.41) is 10.3. The Morgan fingerprint density at radius 2 is 1.92 bits per heavy atom. The summed E-state index contributed by atoms with van der Waals surface area (Å²) in [6.45, 7) is 4.10. The summed E-state index contributed by atoms with van der Waals surface area (Å²) in [6.07, 6.45) is 1.77. The molecule has 0 aromatic heterocycles. The highest BCUT2D eigenvalue weighted by molar-refractivity contribution is 8.18. The third-order valence-electron chi connectivity index (χ3n) is 4.22. The number of rotatable bonds is 3. The van der Waals surface area contributed by atoms with Crippen LogP contribution in [-0.4, -0.2) is 35.2 Å². The molecule has 1 amide bonds. The number of amidine groups is 1. The van der Waals surface area contributed by atoms with Crippen molar-refractivity contribution in [1.82, 2.24) is 4.90 Å². The number of aliphatic imine (C=N–C) groups is 1. The summed E-state index contributed by atoms with van der Waals surface area (Å²) < 4.78 is 5.11. The van der Waals surface area contributed by atoms with E-state index in [4.69, 9.17) is 4.74 Å². The molecule has 5 nitrogen and oxygen atoms in total. The van der Waals surface area contributed by atoms with Crippen molar-refractivity contribution >= 4 is 34.6 Å². The average molecular weight is 368 g/mol. The molecule has 1 heterocycles. The number of benzene rings is 2. The van der Waals surface area contributed by atoms with E-state index in [-0.39, 0.29) is 11.7 Å². The van der Waals surface area contributed by atoms with Crippen LogP contribution < -0.4 is 4.74 Å². The summed E-state index contributed by atoms with van der Waals surface area (Å²) in [5.74, 6) is 0.325. The monoisotopic (exact) mass is 368 g/mol. The molecule has 0 aliphatic carbocycles. The van der Waals surface area contributed by atoms with Gasteiger partial charge in [-0.05, 0) is 72.6 Å². The number of ether oxygens (including phenoxy) is 1. The maximum atomic E-state index is 12.5. The summed E-state index contributed by atoms with van der Waals surface area (Å²) in [5.41, 5.74) is 3.97. The van der Waals surface area contributed by atoms with Crippen LogP contribution in [0.25, 0.3) is 6.08 Å². The van der Waals surface area contributed by atoms with Crippen molar-refractivity contribution in [1.29, 1.82) is 0 Å². The summed E-state index contributed by atoms with van der Waals surface area (Å²) in [6, 6.07) is 10.9. The number of aryl methyl sites for hydroxylation is 2. The maximum absolute atomic E-state index is 12.5. The second kappa shape index (κ2) is 7.25. The second-order valence-corrected chi connectivity index (χ2v) is 7.08. The summed E-state index contributed by atoms with van der Waals surface area (Å²) in [7, 11) is 3.21. The lowest BCUT2D eigenvalue weighted by Gasteiger charge is -2.08. The quantitative estimate of drug-likeness (QED) is 0.823. The molecule has 0 spiro atoms. The van der Waals surface area contributed by atoms with Gasteiger partial charge in [-0.2, -0.15) is 0 Å². The predicted molar refractivity (Wildman–Crippen MR) is 106 cm³/mol. The molecule has 1 fully saturated rings. The zero-order valence-corrected chi connectivity index (χ0v) is 15.9. The lowest BCUT2D eigenvalue weighted by molar-refractivity contribution is -0.121. The van der Waals surface area contributed by atoms with Crippen LogP contribution in [0, 0.1) is 13.8 Å². The molecule has 26 heavy (non-hydrogen) atoms. The minimum Gasteiger partial charge on any atom is -0.504 e. The van der Waals surface area contributed by atoms with Gasteiger partial charge in [0.1, 0.15) is 0 Å². The molecule has 1 aliphatic rings. The molecule has 1 aliphatic heterocycles. The van der Waals surface area contributed by atoms with Crippen LogP contribution >= 0.6 is 11.8 Å². The molecule has 1 N–H and O–H groups in total. The van der Waals surface area contributed by atoms with E-state index in [1.54, 1.807) is 36.2 Å². The van der Waals surface area contributed by atoms with Crippen molar-refractivity contribution in [2.24, 2.45) is 4.99 Å². The zero-order valence-electron chi connectivity index (χ0n) is 15.1. The van der Waals surface area contributed by atoms with Gasteiger partial charge in [-0.25, -0.2) is 4.99 Å². The molecule has 0 radical (unpaired) electrons. The van der Waals surface area contributed by atoms with Crippen LogP contribution in [0.3, 0.4) is 0 Å². The molecule has 6 heteroatoms. The molecule has 3 rings (SSSR count). The average Bonchev–Trinajstić information content (AvgIpc) is 2.88. The van der Waals surface area contributed by atoms with Crippen LogP contribution in [0.15, 0.2) is 46.3 Å². The Bertz CT molecular complexity index is 935. The minimum atomic E-state index is -0.107. The van der Waals surface area contributed by atoms with Crippen LogP contribution in [0.1, 0.15) is 16.7 Å². The van der Waals surface area contributed by atoms with E-state index in [0.29, 0.717) is 15.8 Å². The number of thioether (sulfide) groups is 1. The number of phenols is 1. The SMILES string of the molecule is COc1cc(/C=C2/SC(=Nc3ccc(C)c(C)c3)N(C)C2=O)ccc1O. The molecule has 1 saturated heterocycles. The molecule has 0 atom stereocenters. The Hall–Kier alpha value is -2.73. The fourth-order valence-electron chi connectivity index (χ4n) is 2.49. The Kier molecular flexibility index (Phi) is 5.04. The fraction of sp³-hybridized carbons (Fsp3) is 0.200. The van der Waals surface area contributed by atoms with Crippen molar-refractivity contribution in [3.05, 3.63) is 58.0 Å². The first-order chi connectivity index (χ1) is 12.4. The van der Waals surface area contributed by atoms with Crippen molar-refractivity contribution in [3.8, 4) is 11.5 Å². The van der Waals surface area contributed by atoms with Gasteiger partial charge >= 0.3 is 0 Å². The Balaban J connectivity index is 1.91. The van der Waals surface area contributed by atoms with Gasteiger partial charge in [0.25, 0.3) is 5.91 Å². The number of methoxy groups -OCH3 is 1. The van der Waals surface area contributed by atoms with Gasteiger partial charge in [0.15, 0.2) is 16.7 Å². The largest absolute Gasteiger partial charge is 0.504 e. The van der Waals surface area contributed by atoms with Gasteiger partial charge in [-0.3, -0.25) is 9.69 Å². The fourth-order valence-corrected chi connectivity index (χ4v) is 3.48. The molecule has 0 bridgehead atoms. The van der Waals surface area contributed by atoms with Gasteiger partial charge in [-0.1, -0.05) is 12.1 Å². The van der Waals surface area contributed by atoms with Crippen molar-refractivity contribution in [2.45, 2.75) is 13.8 Å². The van der Waals surface area contributed by atoms with Gasteiger partial charge in [0.05, 0.1) is 17.7 Å². The summed E-state index contributed by atoms with van der Waals surface area (Å²) in [4.78, 5) is 19.3. The predicted octanol–water partition coefficient (Wildman–Crippen LogP) is 4.25. The van der Waals surface area contributed by atoms with E-state index in [0.717, 1.165) is 16.8 Å². The maximum Gasteiger partial charge on any atom is 0.266 e. The first-order valence-electron chi connectivity index (χ1n) is 8.09. The van der Waals surface area contributed by atoms with Crippen LogP contribution in [0.2, 0.25) is 0 Å². The Labute approximate surface area is 157 Å². The van der Waals surface area contributed by atoms with E-state index in [9.17, 15) is 9.90 Å². The molecule has 0 unspecified atom stereocenters. The molecule has 134 valence electrons. The minimum absolute atomic E-state index is 0.0640. The van der Waals surface area contributed by atoms with Crippen LogP contribution in [0.5, 0.6) is 11.5 Å². The number of hydrogen-bond acceptors (Lipinski definition) is 5. The topological polar surface area (TPSA) is 62.1 Å². The number of aromatic hydroxyl groups is 1. The van der Waals surface area contributed by atoms with E-state index in [1.165, 1.54) is 24.4 Å². The van der Waals surface area contributed by atoms with Crippen LogP contribution in [-0.2, 0) is 4.79 Å². The first-order valence-corrected chi connectivity index (χ1v) is 8.91. The first kappa shape index (κ1) is 18.1. The smallest absolute Gasteiger partial charge is 0.266 e. The molecular weight excluding hydrogens is 348 g/mol. The van der Waals surface area contributed by atoms with Gasteiger partial charge in [0, 0.05) is 7.05 Å². The molecule has 2 aromatic rings. The lowest BCUT2D eigenvalue weighted by Crippen LogP contribution is -2.23. The van der Waals surface area contributed by atoms with E-state index >= 15 is 0 Å². The second-order valence-electron chi connectivity index (χ2n) is 6.07. The third-order valence-corrected chi connectivity index (χ3v) is 5.28. The van der Waals surface area contributed by atoms with Crippen molar-refractivity contribution in [3.63, 3.8) is 0 Å². The van der Waals surface area contributed by atoms with Gasteiger partial charge in [-0.15, -0.1) is 0 Å². The van der Waals surface area contributed by atoms with E-state index < -0.39 is 0 Å². The van der Waals surface area contributed by atoms with Gasteiger partial charge < -0.3 is 9.84 Å². The van der Waals surface area contributed by atoms with Crippen molar-refractivity contribution in [2.75, 3.05) is 14.2 Å². The molecular formula is C20H20N2O3S. The molecule has 0 saturated carbocycles. The normalized spacial score (nSPS) is 17.4. The van der Waals surface area contributed by atoms with E-state index in [2.05, 4.69) is 11.9 Å². The number of amides is 1. The number of carbonyl (C=O) groups is 1.